The molecule has 0 bridgehead atoms. The van der Waals surface area contributed by atoms with Gasteiger partial charge in [-0.15, -0.1) is 0 Å². The molecule has 3 heterocycles. The average Bonchev–Trinajstić information content (AvgIpc) is 3.05. The summed E-state index contributed by atoms with van der Waals surface area (Å²) in [6, 6.07) is 15.1. The van der Waals surface area contributed by atoms with Gasteiger partial charge in [-0.3, -0.25) is 4.98 Å². The van der Waals surface area contributed by atoms with E-state index in [9.17, 15) is 4.39 Å². The van der Waals surface area contributed by atoms with Crippen LogP contribution in [0.25, 0.3) is 27.9 Å². The Morgan fingerprint density at radius 2 is 1.87 bits per heavy atom. The zero-order valence-corrected chi connectivity index (χ0v) is 12.6. The standard InChI is InChI=1S/C19H14FN3/c1-13-11-15(4-5-18(13)20)19-17(3-2-8-21-19)14-7-10-23-16(12-14)6-9-22-23/h2-12H,1H3. The largest absolute Gasteiger partial charge is 0.256 e. The first-order valence-electron chi connectivity index (χ1n) is 7.38. The monoisotopic (exact) mass is 303 g/mol. The fourth-order valence-electron chi connectivity index (χ4n) is 2.75. The summed E-state index contributed by atoms with van der Waals surface area (Å²) in [7, 11) is 0. The molecule has 1 aromatic carbocycles. The summed E-state index contributed by atoms with van der Waals surface area (Å²) < 4.78 is 15.4. The number of fused-ring (bicyclic) bond motifs is 1. The lowest BCUT2D eigenvalue weighted by Gasteiger charge is -2.10. The van der Waals surface area contributed by atoms with E-state index >= 15 is 0 Å². The van der Waals surface area contributed by atoms with Crippen molar-refractivity contribution >= 4 is 5.52 Å². The molecule has 0 N–H and O–H groups in total. The van der Waals surface area contributed by atoms with Crippen molar-refractivity contribution in [2.45, 2.75) is 6.92 Å². The molecule has 3 aromatic heterocycles. The summed E-state index contributed by atoms with van der Waals surface area (Å²) in [4.78, 5) is 4.52. The van der Waals surface area contributed by atoms with Crippen molar-refractivity contribution in [3.05, 3.63) is 78.5 Å². The van der Waals surface area contributed by atoms with Crippen molar-refractivity contribution in [3.63, 3.8) is 0 Å². The molecule has 0 aliphatic heterocycles. The van der Waals surface area contributed by atoms with Crippen molar-refractivity contribution < 1.29 is 4.39 Å². The van der Waals surface area contributed by atoms with Gasteiger partial charge in [0.1, 0.15) is 5.82 Å². The van der Waals surface area contributed by atoms with Crippen LogP contribution >= 0.6 is 0 Å². The molecule has 0 amide bonds. The Kier molecular flexibility index (Phi) is 3.15. The van der Waals surface area contributed by atoms with Crippen LogP contribution in [0.2, 0.25) is 0 Å². The lowest BCUT2D eigenvalue weighted by atomic mass is 9.99. The van der Waals surface area contributed by atoms with E-state index in [2.05, 4.69) is 16.1 Å². The van der Waals surface area contributed by atoms with Crippen LogP contribution in [0.3, 0.4) is 0 Å². The van der Waals surface area contributed by atoms with Crippen LogP contribution in [0.15, 0.2) is 67.1 Å². The predicted molar refractivity (Wildman–Crippen MR) is 88.6 cm³/mol. The van der Waals surface area contributed by atoms with Gasteiger partial charge in [-0.2, -0.15) is 5.10 Å². The minimum atomic E-state index is -0.202. The summed E-state index contributed by atoms with van der Waals surface area (Å²) in [5.41, 5.74) is 5.47. The predicted octanol–water partition coefficient (Wildman–Crippen LogP) is 4.51. The minimum Gasteiger partial charge on any atom is -0.256 e. The summed E-state index contributed by atoms with van der Waals surface area (Å²) in [5.74, 6) is -0.202. The van der Waals surface area contributed by atoms with Gasteiger partial charge in [0.15, 0.2) is 0 Å². The van der Waals surface area contributed by atoms with Crippen LogP contribution < -0.4 is 0 Å². The zero-order valence-electron chi connectivity index (χ0n) is 12.6. The smallest absolute Gasteiger partial charge is 0.126 e. The maximum atomic E-state index is 13.5. The molecule has 0 saturated carbocycles. The van der Waals surface area contributed by atoms with Crippen molar-refractivity contribution in [3.8, 4) is 22.4 Å². The first-order chi connectivity index (χ1) is 11.2. The van der Waals surface area contributed by atoms with E-state index in [1.54, 1.807) is 25.4 Å². The number of aromatic nitrogens is 3. The quantitative estimate of drug-likeness (QED) is 0.545. The minimum absolute atomic E-state index is 0.202. The van der Waals surface area contributed by atoms with Crippen LogP contribution in [-0.2, 0) is 0 Å². The molecule has 0 atom stereocenters. The van der Waals surface area contributed by atoms with Crippen LogP contribution in [0.5, 0.6) is 0 Å². The van der Waals surface area contributed by atoms with Gasteiger partial charge in [0.25, 0.3) is 0 Å². The van der Waals surface area contributed by atoms with E-state index in [1.165, 1.54) is 6.07 Å². The molecular formula is C19H14FN3. The molecule has 0 unspecified atom stereocenters. The van der Waals surface area contributed by atoms with Crippen molar-refractivity contribution in [1.29, 1.82) is 0 Å². The van der Waals surface area contributed by atoms with Gasteiger partial charge >= 0.3 is 0 Å². The Morgan fingerprint density at radius 1 is 0.957 bits per heavy atom. The van der Waals surface area contributed by atoms with E-state index in [1.807, 2.05) is 41.0 Å². The van der Waals surface area contributed by atoms with Gasteiger partial charge in [0.05, 0.1) is 11.2 Å². The Bertz CT molecular complexity index is 1000. The van der Waals surface area contributed by atoms with Crippen molar-refractivity contribution in [2.75, 3.05) is 0 Å². The first kappa shape index (κ1) is 13.6. The van der Waals surface area contributed by atoms with E-state index < -0.39 is 0 Å². The molecular weight excluding hydrogens is 289 g/mol. The van der Waals surface area contributed by atoms with Crippen molar-refractivity contribution in [2.24, 2.45) is 0 Å². The third-order valence-corrected chi connectivity index (χ3v) is 3.95. The van der Waals surface area contributed by atoms with E-state index in [4.69, 9.17) is 0 Å². The summed E-state index contributed by atoms with van der Waals surface area (Å²) >= 11 is 0. The average molecular weight is 303 g/mol. The maximum Gasteiger partial charge on any atom is 0.126 e. The zero-order chi connectivity index (χ0) is 15.8. The summed E-state index contributed by atoms with van der Waals surface area (Å²) in [6.07, 6.45) is 5.46. The van der Waals surface area contributed by atoms with E-state index in [0.717, 1.165) is 27.9 Å². The highest BCUT2D eigenvalue weighted by atomic mass is 19.1. The molecule has 3 nitrogen and oxygen atoms in total. The second-order valence-electron chi connectivity index (χ2n) is 5.48. The Hall–Kier alpha value is -3.01. The Labute approximate surface area is 133 Å². The normalized spacial score (nSPS) is 11.0. The number of aryl methyl sites for hydroxylation is 1. The third kappa shape index (κ3) is 2.38. The fourth-order valence-corrected chi connectivity index (χ4v) is 2.75. The topological polar surface area (TPSA) is 30.2 Å². The second kappa shape index (κ2) is 5.32. The molecule has 4 rings (SSSR count). The first-order valence-corrected chi connectivity index (χ1v) is 7.38. The number of rotatable bonds is 2. The van der Waals surface area contributed by atoms with Crippen LogP contribution in [0, 0.1) is 12.7 Å². The van der Waals surface area contributed by atoms with Gasteiger partial charge in [-0.1, -0.05) is 6.07 Å². The molecule has 0 fully saturated rings. The second-order valence-corrected chi connectivity index (χ2v) is 5.48. The maximum absolute atomic E-state index is 13.5. The molecule has 0 saturated heterocycles. The molecule has 23 heavy (non-hydrogen) atoms. The van der Waals surface area contributed by atoms with Crippen LogP contribution in [0.4, 0.5) is 4.39 Å². The highest BCUT2D eigenvalue weighted by molar-refractivity contribution is 5.82. The number of halogens is 1. The van der Waals surface area contributed by atoms with Gasteiger partial charge in [-0.05, 0) is 60.5 Å². The highest BCUT2D eigenvalue weighted by Crippen LogP contribution is 2.31. The summed E-state index contributed by atoms with van der Waals surface area (Å²) in [6.45, 7) is 1.76. The van der Waals surface area contributed by atoms with Crippen molar-refractivity contribution in [1.82, 2.24) is 14.6 Å². The SMILES string of the molecule is Cc1cc(-c2ncccc2-c2ccn3nccc3c2)ccc1F. The van der Waals surface area contributed by atoms with E-state index in [0.29, 0.717) is 5.56 Å². The van der Waals surface area contributed by atoms with Crippen LogP contribution in [-0.4, -0.2) is 14.6 Å². The molecule has 4 aromatic rings. The van der Waals surface area contributed by atoms with Gasteiger partial charge < -0.3 is 0 Å². The lowest BCUT2D eigenvalue weighted by Crippen LogP contribution is -1.92. The van der Waals surface area contributed by atoms with Gasteiger partial charge in [0, 0.05) is 29.7 Å². The number of nitrogens with zero attached hydrogens (tertiary/aromatic N) is 3. The number of hydrogen-bond acceptors (Lipinski definition) is 2. The molecule has 0 aliphatic carbocycles. The molecule has 112 valence electrons. The van der Waals surface area contributed by atoms with Crippen LogP contribution in [0.1, 0.15) is 5.56 Å². The van der Waals surface area contributed by atoms with Gasteiger partial charge in [-0.25, -0.2) is 8.91 Å². The van der Waals surface area contributed by atoms with E-state index in [-0.39, 0.29) is 5.82 Å². The Morgan fingerprint density at radius 3 is 2.74 bits per heavy atom. The molecule has 0 aliphatic rings. The Balaban J connectivity index is 1.90. The van der Waals surface area contributed by atoms with Gasteiger partial charge in [0.2, 0.25) is 0 Å². The molecule has 4 heteroatoms. The number of pyridine rings is 2. The molecule has 0 spiro atoms. The summed E-state index contributed by atoms with van der Waals surface area (Å²) in [5, 5.41) is 4.21. The lowest BCUT2D eigenvalue weighted by molar-refractivity contribution is 0.619. The number of hydrogen-bond donors (Lipinski definition) is 0. The third-order valence-electron chi connectivity index (χ3n) is 3.95. The fraction of sp³-hybridized carbons (Fsp3) is 0.0526. The number of benzene rings is 1. The highest BCUT2D eigenvalue weighted by Gasteiger charge is 2.10. The molecule has 0 radical (unpaired) electrons.